The number of rotatable bonds is 3. The van der Waals surface area contributed by atoms with Gasteiger partial charge in [-0.1, -0.05) is 19.1 Å². The lowest BCUT2D eigenvalue weighted by Crippen LogP contribution is -2.51. The Morgan fingerprint density at radius 2 is 2.05 bits per heavy atom. The molecule has 0 aromatic heterocycles. The highest BCUT2D eigenvalue weighted by atomic mass is 19.1. The molecule has 21 heavy (non-hydrogen) atoms. The molecule has 0 N–H and O–H groups in total. The predicted molar refractivity (Wildman–Crippen MR) is 78.3 cm³/mol. The van der Waals surface area contributed by atoms with Crippen molar-refractivity contribution >= 4 is 5.91 Å². The van der Waals surface area contributed by atoms with E-state index in [1.54, 1.807) is 24.0 Å². The zero-order valence-corrected chi connectivity index (χ0v) is 12.5. The smallest absolute Gasteiger partial charge is 0.256 e. The molecule has 2 rings (SSSR count). The summed E-state index contributed by atoms with van der Waals surface area (Å²) in [5.41, 5.74) is 0.616. The largest absolute Gasteiger partial charge is 0.336 e. The van der Waals surface area contributed by atoms with Crippen molar-refractivity contribution in [2.75, 3.05) is 26.2 Å². The van der Waals surface area contributed by atoms with Crippen molar-refractivity contribution < 1.29 is 9.18 Å². The van der Waals surface area contributed by atoms with E-state index in [0.29, 0.717) is 31.7 Å². The first-order chi connectivity index (χ1) is 10.1. The van der Waals surface area contributed by atoms with Crippen molar-refractivity contribution in [1.29, 1.82) is 5.26 Å². The number of carbonyl (C=O) groups excluding carboxylic acids is 1. The van der Waals surface area contributed by atoms with Gasteiger partial charge in [-0.05, 0) is 25.0 Å². The van der Waals surface area contributed by atoms with Crippen molar-refractivity contribution in [2.45, 2.75) is 26.3 Å². The SMILES string of the molecule is CCC(C#N)N1CCN(C(=O)c2cccc(C)c2F)CC1. The normalized spacial score (nSPS) is 17.3. The molecule has 1 unspecified atom stereocenters. The molecule has 4 nitrogen and oxygen atoms in total. The molecule has 0 spiro atoms. The summed E-state index contributed by atoms with van der Waals surface area (Å²) >= 11 is 0. The molecule has 5 heteroatoms. The first-order valence-corrected chi connectivity index (χ1v) is 7.26. The average Bonchev–Trinajstić information content (AvgIpc) is 2.51. The van der Waals surface area contributed by atoms with E-state index in [2.05, 4.69) is 11.0 Å². The van der Waals surface area contributed by atoms with Crippen molar-refractivity contribution in [3.8, 4) is 6.07 Å². The molecule has 1 aromatic carbocycles. The molecule has 0 bridgehead atoms. The Labute approximate surface area is 124 Å². The quantitative estimate of drug-likeness (QED) is 0.857. The number of benzene rings is 1. The van der Waals surface area contributed by atoms with E-state index < -0.39 is 5.82 Å². The van der Waals surface area contributed by atoms with Gasteiger partial charge in [-0.3, -0.25) is 9.69 Å². The first kappa shape index (κ1) is 15.5. The molecule has 1 amide bonds. The predicted octanol–water partition coefficient (Wildman–Crippen LogP) is 2.19. The van der Waals surface area contributed by atoms with Crippen LogP contribution in [-0.4, -0.2) is 47.9 Å². The molecule has 0 saturated carbocycles. The van der Waals surface area contributed by atoms with Crippen LogP contribution in [0.5, 0.6) is 0 Å². The van der Waals surface area contributed by atoms with Gasteiger partial charge >= 0.3 is 0 Å². The van der Waals surface area contributed by atoms with Gasteiger partial charge in [0, 0.05) is 26.2 Å². The fourth-order valence-electron chi connectivity index (χ4n) is 2.65. The third-order valence-corrected chi connectivity index (χ3v) is 4.00. The molecular weight excluding hydrogens is 269 g/mol. The van der Waals surface area contributed by atoms with Crippen LogP contribution in [0.25, 0.3) is 0 Å². The van der Waals surface area contributed by atoms with Crippen LogP contribution >= 0.6 is 0 Å². The number of hydrogen-bond donors (Lipinski definition) is 0. The highest BCUT2D eigenvalue weighted by Gasteiger charge is 2.27. The Kier molecular flexibility index (Phi) is 4.92. The first-order valence-electron chi connectivity index (χ1n) is 7.26. The fraction of sp³-hybridized carbons (Fsp3) is 0.500. The zero-order chi connectivity index (χ0) is 15.4. The maximum atomic E-state index is 14.0. The molecule has 1 saturated heterocycles. The van der Waals surface area contributed by atoms with Crippen molar-refractivity contribution in [2.24, 2.45) is 0 Å². The van der Waals surface area contributed by atoms with Crippen LogP contribution < -0.4 is 0 Å². The molecule has 1 heterocycles. The van der Waals surface area contributed by atoms with Crippen molar-refractivity contribution in [3.63, 3.8) is 0 Å². The lowest BCUT2D eigenvalue weighted by molar-refractivity contribution is 0.0600. The number of carbonyl (C=O) groups is 1. The number of hydrogen-bond acceptors (Lipinski definition) is 3. The van der Waals surface area contributed by atoms with Gasteiger partial charge in [-0.25, -0.2) is 4.39 Å². The third kappa shape index (κ3) is 3.22. The molecule has 1 fully saturated rings. The number of halogens is 1. The summed E-state index contributed by atoms with van der Waals surface area (Å²) in [6.07, 6.45) is 0.775. The lowest BCUT2D eigenvalue weighted by Gasteiger charge is -2.36. The Balaban J connectivity index is 2.04. The maximum absolute atomic E-state index is 14.0. The second-order valence-corrected chi connectivity index (χ2v) is 5.32. The van der Waals surface area contributed by atoms with Crippen LogP contribution in [0, 0.1) is 24.1 Å². The summed E-state index contributed by atoms with van der Waals surface area (Å²) in [7, 11) is 0. The highest BCUT2D eigenvalue weighted by Crippen LogP contribution is 2.16. The summed E-state index contributed by atoms with van der Waals surface area (Å²) < 4.78 is 14.0. The van der Waals surface area contributed by atoms with Gasteiger partial charge in [0.25, 0.3) is 5.91 Å². The Morgan fingerprint density at radius 1 is 1.38 bits per heavy atom. The molecule has 1 aliphatic heterocycles. The van der Waals surface area contributed by atoms with Gasteiger partial charge in [-0.2, -0.15) is 5.26 Å². The third-order valence-electron chi connectivity index (χ3n) is 4.00. The van der Waals surface area contributed by atoms with Crippen LogP contribution in [0.3, 0.4) is 0 Å². The minimum Gasteiger partial charge on any atom is -0.336 e. The monoisotopic (exact) mass is 289 g/mol. The Morgan fingerprint density at radius 3 is 2.62 bits per heavy atom. The van der Waals surface area contributed by atoms with Gasteiger partial charge in [0.2, 0.25) is 0 Å². The Hall–Kier alpha value is -1.93. The van der Waals surface area contributed by atoms with Crippen molar-refractivity contribution in [1.82, 2.24) is 9.80 Å². The molecule has 112 valence electrons. The van der Waals surface area contributed by atoms with E-state index in [1.165, 1.54) is 6.07 Å². The van der Waals surface area contributed by atoms with Gasteiger partial charge in [0.05, 0.1) is 17.7 Å². The van der Waals surface area contributed by atoms with Crippen LogP contribution in [0.4, 0.5) is 4.39 Å². The van der Waals surface area contributed by atoms with E-state index in [1.807, 2.05) is 6.92 Å². The highest BCUT2D eigenvalue weighted by molar-refractivity contribution is 5.94. The summed E-state index contributed by atoms with van der Waals surface area (Å²) in [4.78, 5) is 16.1. The minimum absolute atomic E-state index is 0.0991. The number of amides is 1. The maximum Gasteiger partial charge on any atom is 0.256 e. The van der Waals surface area contributed by atoms with E-state index in [9.17, 15) is 9.18 Å². The number of nitrogens with zero attached hydrogens (tertiary/aromatic N) is 3. The topological polar surface area (TPSA) is 47.3 Å². The molecular formula is C16H20FN3O. The van der Waals surface area contributed by atoms with Gasteiger partial charge in [-0.15, -0.1) is 0 Å². The second kappa shape index (κ2) is 6.68. The van der Waals surface area contributed by atoms with Gasteiger partial charge < -0.3 is 4.90 Å². The van der Waals surface area contributed by atoms with Gasteiger partial charge in [0.15, 0.2) is 0 Å². The second-order valence-electron chi connectivity index (χ2n) is 5.32. The van der Waals surface area contributed by atoms with Crippen molar-refractivity contribution in [3.05, 3.63) is 35.1 Å². The summed E-state index contributed by atoms with van der Waals surface area (Å²) in [6.45, 7) is 6.02. The molecule has 1 atom stereocenters. The van der Waals surface area contributed by atoms with Crippen LogP contribution in [0.1, 0.15) is 29.3 Å². The molecule has 1 aromatic rings. The fourth-order valence-corrected chi connectivity index (χ4v) is 2.65. The van der Waals surface area contributed by atoms with E-state index >= 15 is 0 Å². The van der Waals surface area contributed by atoms with E-state index in [4.69, 9.17) is 5.26 Å². The van der Waals surface area contributed by atoms with E-state index in [0.717, 1.165) is 6.42 Å². The molecule has 0 aliphatic carbocycles. The number of aryl methyl sites for hydroxylation is 1. The number of nitriles is 1. The average molecular weight is 289 g/mol. The lowest BCUT2D eigenvalue weighted by atomic mass is 10.1. The number of piperazine rings is 1. The standard InChI is InChI=1S/C16H20FN3O/c1-3-13(11-18)19-7-9-20(10-8-19)16(21)14-6-4-5-12(2)15(14)17/h4-6,13H,3,7-10H2,1-2H3. The summed E-state index contributed by atoms with van der Waals surface area (Å²) in [5.74, 6) is -0.700. The minimum atomic E-state index is -0.437. The summed E-state index contributed by atoms with van der Waals surface area (Å²) in [6, 6.07) is 7.06. The van der Waals surface area contributed by atoms with Crippen LogP contribution in [0.15, 0.2) is 18.2 Å². The zero-order valence-electron chi connectivity index (χ0n) is 12.5. The molecule has 0 radical (unpaired) electrons. The van der Waals surface area contributed by atoms with E-state index in [-0.39, 0.29) is 17.5 Å². The summed E-state index contributed by atoms with van der Waals surface area (Å²) in [5, 5.41) is 9.08. The van der Waals surface area contributed by atoms with Crippen LogP contribution in [-0.2, 0) is 0 Å². The molecule has 1 aliphatic rings. The van der Waals surface area contributed by atoms with Gasteiger partial charge in [0.1, 0.15) is 5.82 Å². The Bertz CT molecular complexity index is 559. The van der Waals surface area contributed by atoms with Crippen LogP contribution in [0.2, 0.25) is 0 Å².